The number of quaternary nitrogens is 1. The van der Waals surface area contributed by atoms with Crippen LogP contribution in [0.4, 0.5) is 0 Å². The molecule has 5 nitrogen and oxygen atoms in total. The number of rotatable bonds is 21. The first kappa shape index (κ1) is 29.1. The normalized spacial score (nSPS) is 18.2. The average Bonchev–Trinajstić information content (AvgIpc) is 2.73. The van der Waals surface area contributed by atoms with Crippen LogP contribution >= 0.6 is 7.60 Å². The molecule has 1 heterocycles. The van der Waals surface area contributed by atoms with Gasteiger partial charge in [0.15, 0.2) is 0 Å². The van der Waals surface area contributed by atoms with Crippen LogP contribution in [0.5, 0.6) is 0 Å². The number of nitrogens with zero attached hydrogens (tertiary/aromatic N) is 1. The zero-order chi connectivity index (χ0) is 22.7. The van der Waals surface area contributed by atoms with Crippen LogP contribution in [0.25, 0.3) is 0 Å². The molecule has 186 valence electrons. The van der Waals surface area contributed by atoms with E-state index in [4.69, 9.17) is 9.26 Å². The second-order valence-electron chi connectivity index (χ2n) is 9.87. The molecule has 0 aromatic carbocycles. The number of likely N-dealkylation sites (N-methyl/N-ethyl adjacent to an activating group) is 1. The van der Waals surface area contributed by atoms with Crippen molar-refractivity contribution in [1.29, 1.82) is 0 Å². The van der Waals surface area contributed by atoms with E-state index < -0.39 is 7.60 Å². The van der Waals surface area contributed by atoms with Gasteiger partial charge in [0, 0.05) is 6.16 Å². The fourth-order valence-electron chi connectivity index (χ4n) is 4.33. The molecule has 0 N–H and O–H groups in total. The zero-order valence-corrected chi connectivity index (χ0v) is 21.7. The molecule has 1 aliphatic heterocycles. The summed E-state index contributed by atoms with van der Waals surface area (Å²) in [5.41, 5.74) is 0. The summed E-state index contributed by atoms with van der Waals surface area (Å²) in [6.07, 6.45) is 20.9. The van der Waals surface area contributed by atoms with E-state index in [1.165, 1.54) is 83.5 Å². The van der Waals surface area contributed by atoms with Crippen LogP contribution in [0, 0.1) is 0 Å². The van der Waals surface area contributed by atoms with Crippen LogP contribution in [0.2, 0.25) is 0 Å². The molecule has 1 rings (SSSR count). The topological polar surface area (TPSA) is 58.6 Å². The van der Waals surface area contributed by atoms with Gasteiger partial charge in [0.1, 0.15) is 33.8 Å². The van der Waals surface area contributed by atoms with E-state index in [1.54, 1.807) is 0 Å². The van der Waals surface area contributed by atoms with E-state index in [0.29, 0.717) is 6.61 Å². The van der Waals surface area contributed by atoms with E-state index >= 15 is 0 Å². The van der Waals surface area contributed by atoms with Gasteiger partial charge in [0.25, 0.3) is 0 Å². The Kier molecular flexibility index (Phi) is 17.4. The second kappa shape index (κ2) is 18.5. The lowest BCUT2D eigenvalue weighted by Crippen LogP contribution is -2.53. The molecule has 1 aliphatic rings. The standard InChI is InChI=1S/C25H52NO4P/c1-3-4-5-6-7-8-9-10-11-12-13-14-15-16-17-18-25-31(27,28)30-24-21-26(2)19-22-29-23-20-26/h3-25H2,1-2H3. The van der Waals surface area contributed by atoms with Gasteiger partial charge in [0.2, 0.25) is 0 Å². The molecule has 0 aromatic rings. The Morgan fingerprint density at radius 2 is 1.19 bits per heavy atom. The van der Waals surface area contributed by atoms with Crippen LogP contribution in [0.1, 0.15) is 110 Å². The molecule has 0 aromatic heterocycles. The van der Waals surface area contributed by atoms with Crippen LogP contribution in [-0.4, -0.2) is 57.1 Å². The largest absolute Gasteiger partial charge is 0.778 e. The molecule has 1 unspecified atom stereocenters. The first-order chi connectivity index (χ1) is 15.0. The summed E-state index contributed by atoms with van der Waals surface area (Å²) >= 11 is 0. The van der Waals surface area contributed by atoms with Crippen molar-refractivity contribution in [3.63, 3.8) is 0 Å². The Bertz CT molecular complexity index is 455. The lowest BCUT2D eigenvalue weighted by Gasteiger charge is -2.38. The summed E-state index contributed by atoms with van der Waals surface area (Å²) in [5, 5.41) is 0. The molecule has 0 amide bonds. The highest BCUT2D eigenvalue weighted by Gasteiger charge is 2.25. The Labute approximate surface area is 193 Å². The van der Waals surface area contributed by atoms with Gasteiger partial charge < -0.3 is 23.2 Å². The minimum Gasteiger partial charge on any atom is -0.778 e. The minimum absolute atomic E-state index is 0.193. The highest BCUT2D eigenvalue weighted by atomic mass is 31.2. The molecule has 0 saturated carbocycles. The molecular weight excluding hydrogens is 409 g/mol. The number of morpholine rings is 1. The average molecular weight is 462 g/mol. The van der Waals surface area contributed by atoms with Gasteiger partial charge in [-0.2, -0.15) is 0 Å². The maximum Gasteiger partial charge on any atom is 0.135 e. The van der Waals surface area contributed by atoms with Gasteiger partial charge in [-0.15, -0.1) is 0 Å². The molecule has 31 heavy (non-hydrogen) atoms. The third-order valence-electron chi connectivity index (χ3n) is 6.76. The second-order valence-corrected chi connectivity index (χ2v) is 11.8. The van der Waals surface area contributed by atoms with E-state index in [-0.39, 0.29) is 6.16 Å². The molecule has 0 aliphatic carbocycles. The lowest BCUT2D eigenvalue weighted by atomic mass is 10.0. The van der Waals surface area contributed by atoms with Crippen LogP contribution in [-0.2, 0) is 13.8 Å². The number of unbranched alkanes of at least 4 members (excludes halogenated alkanes) is 15. The highest BCUT2D eigenvalue weighted by Crippen LogP contribution is 2.38. The van der Waals surface area contributed by atoms with Gasteiger partial charge in [-0.05, 0) is 6.42 Å². The van der Waals surface area contributed by atoms with Crippen molar-refractivity contribution >= 4 is 7.60 Å². The SMILES string of the molecule is CCCCCCCCCCCCCCCCCCP(=O)([O-])OCC[N+]1(C)CCOCC1. The summed E-state index contributed by atoms with van der Waals surface area (Å²) in [7, 11) is -1.52. The van der Waals surface area contributed by atoms with Gasteiger partial charge in [-0.1, -0.05) is 103 Å². The van der Waals surface area contributed by atoms with Gasteiger partial charge in [0.05, 0.1) is 20.3 Å². The van der Waals surface area contributed by atoms with Crippen molar-refractivity contribution in [1.82, 2.24) is 0 Å². The van der Waals surface area contributed by atoms with Crippen molar-refractivity contribution in [3.8, 4) is 0 Å². The fraction of sp³-hybridized carbons (Fsp3) is 1.00. The Morgan fingerprint density at radius 3 is 1.65 bits per heavy atom. The molecule has 1 fully saturated rings. The van der Waals surface area contributed by atoms with Crippen molar-refractivity contribution < 1.29 is 23.2 Å². The van der Waals surface area contributed by atoms with E-state index in [1.807, 2.05) is 0 Å². The van der Waals surface area contributed by atoms with E-state index in [9.17, 15) is 9.46 Å². The van der Waals surface area contributed by atoms with E-state index in [2.05, 4.69) is 14.0 Å². The quantitative estimate of drug-likeness (QED) is 0.114. The van der Waals surface area contributed by atoms with E-state index in [0.717, 1.165) is 56.6 Å². The van der Waals surface area contributed by atoms with Gasteiger partial charge >= 0.3 is 0 Å². The third-order valence-corrected chi connectivity index (χ3v) is 8.20. The van der Waals surface area contributed by atoms with Crippen molar-refractivity contribution in [2.45, 2.75) is 110 Å². The predicted molar refractivity (Wildman–Crippen MR) is 130 cm³/mol. The van der Waals surface area contributed by atoms with Crippen LogP contribution in [0.15, 0.2) is 0 Å². The Morgan fingerprint density at radius 1 is 0.774 bits per heavy atom. The maximum absolute atomic E-state index is 12.1. The molecule has 1 atom stereocenters. The third kappa shape index (κ3) is 17.2. The molecule has 6 heteroatoms. The van der Waals surface area contributed by atoms with Crippen LogP contribution in [0.3, 0.4) is 0 Å². The van der Waals surface area contributed by atoms with Crippen molar-refractivity contribution in [2.75, 3.05) is 52.7 Å². The monoisotopic (exact) mass is 461 g/mol. The van der Waals surface area contributed by atoms with Crippen LogP contribution < -0.4 is 4.89 Å². The first-order valence-electron chi connectivity index (χ1n) is 13.3. The van der Waals surface area contributed by atoms with Crippen molar-refractivity contribution in [3.05, 3.63) is 0 Å². The summed E-state index contributed by atoms with van der Waals surface area (Å²) in [5.74, 6) is 0. The Hall–Kier alpha value is 0.0700. The smallest absolute Gasteiger partial charge is 0.135 e. The van der Waals surface area contributed by atoms with Gasteiger partial charge in [-0.25, -0.2) is 0 Å². The highest BCUT2D eigenvalue weighted by molar-refractivity contribution is 7.51. The fourth-order valence-corrected chi connectivity index (χ4v) is 5.43. The van der Waals surface area contributed by atoms with Gasteiger partial charge in [-0.3, -0.25) is 0 Å². The number of hydrogen-bond acceptors (Lipinski definition) is 4. The lowest BCUT2D eigenvalue weighted by molar-refractivity contribution is -0.916. The Balaban J connectivity index is 1.84. The predicted octanol–water partition coefficient (Wildman–Crippen LogP) is 6.29. The van der Waals surface area contributed by atoms with Crippen molar-refractivity contribution in [2.24, 2.45) is 0 Å². The first-order valence-corrected chi connectivity index (χ1v) is 15.1. The summed E-state index contributed by atoms with van der Waals surface area (Å²) in [4.78, 5) is 12.1. The molecule has 0 spiro atoms. The molecule has 0 radical (unpaired) electrons. The molecule has 1 saturated heterocycles. The summed E-state index contributed by atoms with van der Waals surface area (Å²) in [6.45, 7) is 6.70. The number of ether oxygens (including phenoxy) is 1. The number of hydrogen-bond donors (Lipinski definition) is 0. The summed E-state index contributed by atoms with van der Waals surface area (Å²) < 4.78 is 23.6. The minimum atomic E-state index is -3.67. The zero-order valence-electron chi connectivity index (χ0n) is 20.8. The molecule has 0 bridgehead atoms. The summed E-state index contributed by atoms with van der Waals surface area (Å²) in [6, 6.07) is 0. The molecular formula is C25H52NO4P. The maximum atomic E-state index is 12.1.